The van der Waals surface area contributed by atoms with Gasteiger partial charge >= 0.3 is 0 Å². The second-order valence-electron chi connectivity index (χ2n) is 3.43. The molecular weight excluding hydrogens is 244 g/mol. The standard InChI is InChI=1S/C11H11ClN2OS/c1-7-6-14(11(16)13-7)8-3-4-9(12)10(5-8)15-2/h3-6H,1-2H3,(H,13,16). The van der Waals surface area contributed by atoms with Crippen LogP contribution in [-0.4, -0.2) is 16.7 Å². The average Bonchev–Trinajstić information content (AvgIpc) is 2.59. The van der Waals surface area contributed by atoms with Crippen molar-refractivity contribution in [2.75, 3.05) is 7.11 Å². The predicted octanol–water partition coefficient (Wildman–Crippen LogP) is 3.51. The summed E-state index contributed by atoms with van der Waals surface area (Å²) in [5, 5.41) is 0.588. The quantitative estimate of drug-likeness (QED) is 0.832. The van der Waals surface area contributed by atoms with Crippen LogP contribution in [0.1, 0.15) is 5.69 Å². The maximum Gasteiger partial charge on any atom is 0.181 e. The van der Waals surface area contributed by atoms with Gasteiger partial charge in [-0.05, 0) is 31.3 Å². The molecule has 0 aliphatic heterocycles. The number of methoxy groups -OCH3 is 1. The molecule has 2 aromatic rings. The van der Waals surface area contributed by atoms with Crippen LogP contribution in [0.4, 0.5) is 0 Å². The van der Waals surface area contributed by atoms with Crippen LogP contribution in [-0.2, 0) is 0 Å². The van der Waals surface area contributed by atoms with Gasteiger partial charge in [-0.1, -0.05) is 11.6 Å². The summed E-state index contributed by atoms with van der Waals surface area (Å²) in [7, 11) is 1.59. The normalized spacial score (nSPS) is 10.4. The van der Waals surface area contributed by atoms with Gasteiger partial charge in [-0.15, -0.1) is 0 Å². The topological polar surface area (TPSA) is 29.9 Å². The predicted molar refractivity (Wildman–Crippen MR) is 67.3 cm³/mol. The molecule has 0 amide bonds. The summed E-state index contributed by atoms with van der Waals surface area (Å²) in [4.78, 5) is 3.06. The van der Waals surface area contributed by atoms with Crippen molar-refractivity contribution in [2.45, 2.75) is 6.92 Å². The fraction of sp³-hybridized carbons (Fsp3) is 0.182. The van der Waals surface area contributed by atoms with Gasteiger partial charge in [0.15, 0.2) is 4.77 Å². The third kappa shape index (κ3) is 1.99. The number of imidazole rings is 1. The molecule has 0 saturated carbocycles. The third-order valence-electron chi connectivity index (χ3n) is 2.26. The van der Waals surface area contributed by atoms with E-state index >= 15 is 0 Å². The van der Waals surface area contributed by atoms with E-state index in [0.29, 0.717) is 15.5 Å². The van der Waals surface area contributed by atoms with Crippen LogP contribution in [0.2, 0.25) is 5.02 Å². The summed E-state index contributed by atoms with van der Waals surface area (Å²) >= 11 is 11.2. The first-order chi connectivity index (χ1) is 7.61. The molecule has 0 aliphatic rings. The smallest absolute Gasteiger partial charge is 0.181 e. The Morgan fingerprint density at radius 1 is 1.44 bits per heavy atom. The minimum atomic E-state index is 0.588. The lowest BCUT2D eigenvalue weighted by atomic mass is 10.3. The van der Waals surface area contributed by atoms with Gasteiger partial charge in [0.1, 0.15) is 5.75 Å². The summed E-state index contributed by atoms with van der Waals surface area (Å²) in [5.41, 5.74) is 1.94. The number of rotatable bonds is 2. The van der Waals surface area contributed by atoms with E-state index in [-0.39, 0.29) is 0 Å². The monoisotopic (exact) mass is 254 g/mol. The molecule has 3 nitrogen and oxygen atoms in total. The van der Waals surface area contributed by atoms with Crippen LogP contribution in [0.15, 0.2) is 24.4 Å². The Morgan fingerprint density at radius 3 is 2.75 bits per heavy atom. The highest BCUT2D eigenvalue weighted by Crippen LogP contribution is 2.26. The molecule has 16 heavy (non-hydrogen) atoms. The average molecular weight is 255 g/mol. The Bertz CT molecular complexity index is 574. The first-order valence-corrected chi connectivity index (χ1v) is 5.52. The summed E-state index contributed by atoms with van der Waals surface area (Å²) < 4.78 is 7.70. The van der Waals surface area contributed by atoms with Crippen LogP contribution in [0.25, 0.3) is 5.69 Å². The molecule has 0 unspecified atom stereocenters. The van der Waals surface area contributed by atoms with Gasteiger partial charge in [0.25, 0.3) is 0 Å². The molecule has 1 N–H and O–H groups in total. The number of hydrogen-bond donors (Lipinski definition) is 1. The number of benzene rings is 1. The summed E-state index contributed by atoms with van der Waals surface area (Å²) in [5.74, 6) is 0.639. The van der Waals surface area contributed by atoms with Gasteiger partial charge in [-0.2, -0.15) is 0 Å². The number of aromatic amines is 1. The maximum absolute atomic E-state index is 5.96. The molecule has 2 rings (SSSR count). The fourth-order valence-electron chi connectivity index (χ4n) is 1.50. The van der Waals surface area contributed by atoms with Crippen molar-refractivity contribution >= 4 is 23.8 Å². The molecular formula is C11H11ClN2OS. The van der Waals surface area contributed by atoms with E-state index in [4.69, 9.17) is 28.6 Å². The van der Waals surface area contributed by atoms with Crippen LogP contribution >= 0.6 is 23.8 Å². The molecule has 5 heteroatoms. The second-order valence-corrected chi connectivity index (χ2v) is 4.23. The van der Waals surface area contributed by atoms with E-state index in [2.05, 4.69) is 4.98 Å². The highest BCUT2D eigenvalue weighted by molar-refractivity contribution is 7.71. The van der Waals surface area contributed by atoms with E-state index < -0.39 is 0 Å². The van der Waals surface area contributed by atoms with Gasteiger partial charge in [0, 0.05) is 18.0 Å². The van der Waals surface area contributed by atoms with Gasteiger partial charge in [0.2, 0.25) is 0 Å². The zero-order valence-corrected chi connectivity index (χ0v) is 10.5. The Morgan fingerprint density at radius 2 is 2.19 bits per heavy atom. The van der Waals surface area contributed by atoms with Crippen molar-refractivity contribution in [3.63, 3.8) is 0 Å². The minimum Gasteiger partial charge on any atom is -0.495 e. The third-order valence-corrected chi connectivity index (χ3v) is 2.87. The molecule has 0 spiro atoms. The number of H-pyrrole nitrogens is 1. The Hall–Kier alpha value is -1.26. The molecule has 1 aromatic heterocycles. The minimum absolute atomic E-state index is 0.588. The van der Waals surface area contributed by atoms with Crippen LogP contribution in [0.3, 0.4) is 0 Å². The lowest BCUT2D eigenvalue weighted by Gasteiger charge is -2.06. The molecule has 0 bridgehead atoms. The van der Waals surface area contributed by atoms with Crippen molar-refractivity contribution in [3.8, 4) is 11.4 Å². The second kappa shape index (κ2) is 4.31. The summed E-state index contributed by atoms with van der Waals surface area (Å²) in [6.07, 6.45) is 1.94. The number of ether oxygens (including phenoxy) is 1. The molecule has 0 radical (unpaired) electrons. The Balaban J connectivity index is 2.56. The maximum atomic E-state index is 5.96. The Labute approximate surface area is 104 Å². The van der Waals surface area contributed by atoms with Crippen molar-refractivity contribution in [1.29, 1.82) is 0 Å². The van der Waals surface area contributed by atoms with Gasteiger partial charge < -0.3 is 9.72 Å². The van der Waals surface area contributed by atoms with Crippen molar-refractivity contribution in [3.05, 3.63) is 39.9 Å². The van der Waals surface area contributed by atoms with Gasteiger partial charge in [-0.3, -0.25) is 4.57 Å². The van der Waals surface area contributed by atoms with E-state index in [9.17, 15) is 0 Å². The number of nitrogens with zero attached hydrogens (tertiary/aromatic N) is 1. The molecule has 0 fully saturated rings. The van der Waals surface area contributed by atoms with Crippen molar-refractivity contribution in [1.82, 2.24) is 9.55 Å². The van der Waals surface area contributed by atoms with Crippen molar-refractivity contribution in [2.24, 2.45) is 0 Å². The molecule has 0 aliphatic carbocycles. The van der Waals surface area contributed by atoms with Gasteiger partial charge in [0.05, 0.1) is 17.8 Å². The van der Waals surface area contributed by atoms with E-state index in [1.807, 2.05) is 29.8 Å². The molecule has 0 saturated heterocycles. The largest absolute Gasteiger partial charge is 0.495 e. The molecule has 1 heterocycles. The fourth-order valence-corrected chi connectivity index (χ4v) is 2.02. The first kappa shape index (κ1) is 11.2. The number of nitrogens with one attached hydrogen (secondary N) is 1. The molecule has 1 aromatic carbocycles. The van der Waals surface area contributed by atoms with E-state index in [1.54, 1.807) is 13.2 Å². The first-order valence-electron chi connectivity index (χ1n) is 4.74. The lowest BCUT2D eigenvalue weighted by molar-refractivity contribution is 0.415. The van der Waals surface area contributed by atoms with Gasteiger partial charge in [-0.25, -0.2) is 0 Å². The van der Waals surface area contributed by atoms with Crippen LogP contribution in [0.5, 0.6) is 5.75 Å². The summed E-state index contributed by atoms with van der Waals surface area (Å²) in [6.45, 7) is 1.96. The zero-order chi connectivity index (χ0) is 11.7. The van der Waals surface area contributed by atoms with E-state index in [0.717, 1.165) is 11.4 Å². The highest BCUT2D eigenvalue weighted by atomic mass is 35.5. The number of aryl methyl sites for hydroxylation is 1. The van der Waals surface area contributed by atoms with Crippen molar-refractivity contribution < 1.29 is 4.74 Å². The number of aromatic nitrogens is 2. The zero-order valence-electron chi connectivity index (χ0n) is 8.95. The molecule has 84 valence electrons. The Kier molecular flexibility index (Phi) is 3.03. The van der Waals surface area contributed by atoms with E-state index in [1.165, 1.54) is 0 Å². The van der Waals surface area contributed by atoms with Crippen LogP contribution in [0, 0.1) is 11.7 Å². The molecule has 0 atom stereocenters. The highest BCUT2D eigenvalue weighted by Gasteiger charge is 2.05. The SMILES string of the molecule is COc1cc(-n2cc(C)[nH]c2=S)ccc1Cl. The number of halogens is 1. The van der Waals surface area contributed by atoms with Crippen LogP contribution < -0.4 is 4.74 Å². The summed E-state index contributed by atoms with van der Waals surface area (Å²) in [6, 6.07) is 5.54. The number of hydrogen-bond acceptors (Lipinski definition) is 2. The lowest BCUT2D eigenvalue weighted by Crippen LogP contribution is -1.93.